The first-order valence-electron chi connectivity index (χ1n) is 9.90. The lowest BCUT2D eigenvalue weighted by molar-refractivity contribution is -0.137. The number of aromatic nitrogens is 5. The molecule has 4 aromatic rings. The van der Waals surface area contributed by atoms with Crippen molar-refractivity contribution in [3.05, 3.63) is 65.7 Å². The number of carbonyl (C=O) groups is 1. The highest BCUT2D eigenvalue weighted by molar-refractivity contribution is 5.83. The monoisotopic (exact) mass is 473 g/mol. The van der Waals surface area contributed by atoms with Crippen molar-refractivity contribution >= 4 is 5.97 Å². The molecule has 0 atom stereocenters. The Morgan fingerprint density at radius 1 is 1.06 bits per heavy atom. The molecule has 12 heteroatoms. The van der Waals surface area contributed by atoms with Gasteiger partial charge in [0, 0.05) is 18.2 Å². The van der Waals surface area contributed by atoms with E-state index >= 15 is 0 Å². The Hall–Kier alpha value is -4.22. The molecule has 176 valence electrons. The van der Waals surface area contributed by atoms with E-state index in [1.165, 1.54) is 22.8 Å². The summed E-state index contributed by atoms with van der Waals surface area (Å²) in [4.78, 5) is 14.7. The molecule has 9 nitrogen and oxygen atoms in total. The van der Waals surface area contributed by atoms with Crippen molar-refractivity contribution in [2.75, 3.05) is 0 Å². The average molecular weight is 473 g/mol. The second-order valence-electron chi connectivity index (χ2n) is 7.81. The van der Waals surface area contributed by atoms with Gasteiger partial charge in [-0.3, -0.25) is 0 Å². The third-order valence-corrected chi connectivity index (χ3v) is 4.98. The Kier molecular flexibility index (Phi) is 5.59. The molecule has 0 bridgehead atoms. The summed E-state index contributed by atoms with van der Waals surface area (Å²) in [6.45, 7) is 3.42. The summed E-state index contributed by atoms with van der Waals surface area (Å²) >= 11 is 0. The van der Waals surface area contributed by atoms with Crippen LogP contribution in [-0.2, 0) is 18.8 Å². The predicted octanol–water partition coefficient (Wildman–Crippen LogP) is 4.56. The van der Waals surface area contributed by atoms with Gasteiger partial charge in [-0.05, 0) is 49.3 Å². The molecule has 34 heavy (non-hydrogen) atoms. The largest absolute Gasteiger partial charge is 0.480 e. The van der Waals surface area contributed by atoms with E-state index in [2.05, 4.69) is 20.3 Å². The van der Waals surface area contributed by atoms with Crippen molar-refractivity contribution < 1.29 is 32.3 Å². The number of benzene rings is 2. The first-order valence-corrected chi connectivity index (χ1v) is 9.90. The average Bonchev–Trinajstić information content (AvgIpc) is 3.41. The van der Waals surface area contributed by atoms with Gasteiger partial charge in [-0.1, -0.05) is 18.2 Å². The van der Waals surface area contributed by atoms with Gasteiger partial charge in [0.05, 0.1) is 5.56 Å². The number of rotatable bonds is 6. The van der Waals surface area contributed by atoms with Gasteiger partial charge < -0.3 is 18.9 Å². The summed E-state index contributed by atoms with van der Waals surface area (Å²) < 4.78 is 52.8. The molecule has 0 saturated carbocycles. The fraction of sp³-hybridized carbons (Fsp3) is 0.227. The Morgan fingerprint density at radius 2 is 1.74 bits per heavy atom. The number of halogens is 3. The van der Waals surface area contributed by atoms with Gasteiger partial charge in [0.2, 0.25) is 0 Å². The van der Waals surface area contributed by atoms with E-state index in [0.717, 1.165) is 6.07 Å². The lowest BCUT2D eigenvalue weighted by Gasteiger charge is -2.25. The van der Waals surface area contributed by atoms with Crippen LogP contribution in [0.25, 0.3) is 22.8 Å². The van der Waals surface area contributed by atoms with Gasteiger partial charge in [-0.15, -0.1) is 10.2 Å². The van der Waals surface area contributed by atoms with E-state index in [1.807, 2.05) is 0 Å². The topological polar surface area (TPSA) is 116 Å². The number of alkyl halides is 3. The Balaban J connectivity index is 1.59. The molecule has 0 spiro atoms. The highest BCUT2D eigenvalue weighted by Crippen LogP contribution is 2.37. The molecule has 0 fully saturated rings. The molecule has 0 amide bonds. The number of carboxylic acid groups (broad SMARTS) is 1. The normalized spacial score (nSPS) is 12.1. The maximum absolute atomic E-state index is 13.5. The van der Waals surface area contributed by atoms with Gasteiger partial charge >= 0.3 is 12.1 Å². The summed E-state index contributed by atoms with van der Waals surface area (Å²) in [6, 6.07) is 11.6. The van der Waals surface area contributed by atoms with Crippen molar-refractivity contribution in [3.8, 4) is 28.6 Å². The van der Waals surface area contributed by atoms with E-state index in [4.69, 9.17) is 14.4 Å². The van der Waals surface area contributed by atoms with Crippen molar-refractivity contribution in [1.82, 2.24) is 24.9 Å². The molecular weight excluding hydrogens is 455 g/mol. The maximum atomic E-state index is 13.5. The lowest BCUT2D eigenvalue weighted by atomic mass is 10.1. The number of ether oxygens (including phenoxy) is 1. The molecule has 0 aliphatic heterocycles. The number of carboxylic acids is 1. The molecule has 4 rings (SSSR count). The summed E-state index contributed by atoms with van der Waals surface area (Å²) in [7, 11) is 1.57. The van der Waals surface area contributed by atoms with E-state index in [9.17, 15) is 18.0 Å². The van der Waals surface area contributed by atoms with Crippen LogP contribution in [0.15, 0.2) is 53.1 Å². The van der Waals surface area contributed by atoms with Crippen LogP contribution >= 0.6 is 0 Å². The van der Waals surface area contributed by atoms with E-state index in [0.29, 0.717) is 17.1 Å². The van der Waals surface area contributed by atoms with E-state index in [1.54, 1.807) is 45.2 Å². The zero-order valence-corrected chi connectivity index (χ0v) is 18.2. The highest BCUT2D eigenvalue weighted by atomic mass is 19.4. The van der Waals surface area contributed by atoms with E-state index in [-0.39, 0.29) is 17.3 Å². The second kappa shape index (κ2) is 8.28. The summed E-state index contributed by atoms with van der Waals surface area (Å²) in [5, 5.41) is 20.4. The van der Waals surface area contributed by atoms with Gasteiger partial charge in [-0.25, -0.2) is 4.79 Å². The van der Waals surface area contributed by atoms with Crippen LogP contribution in [-0.4, -0.2) is 36.0 Å². The smallest absolute Gasteiger partial charge is 0.417 e. The van der Waals surface area contributed by atoms with Gasteiger partial charge in [-0.2, -0.15) is 18.2 Å². The first-order chi connectivity index (χ1) is 16.0. The van der Waals surface area contributed by atoms with Crippen LogP contribution < -0.4 is 4.74 Å². The quantitative estimate of drug-likeness (QED) is 0.433. The molecule has 0 aliphatic rings. The molecule has 2 aromatic carbocycles. The van der Waals surface area contributed by atoms with Crippen molar-refractivity contribution in [3.63, 3.8) is 0 Å². The Bertz CT molecular complexity index is 1340. The summed E-state index contributed by atoms with van der Waals surface area (Å²) in [5.74, 6) is -0.942. The molecule has 2 heterocycles. The standard InChI is InChI=1S/C22H18F3N5O4/c1-21(2,33-13-10-8-12(9-11-13)18-26-16(19(31)32)29-34-18)20-28-27-17(30(20)3)14-6-4-5-7-15(14)22(23,24)25/h4-11H,1-3H3,(H,31,32). The minimum Gasteiger partial charge on any atom is -0.480 e. The van der Waals surface area contributed by atoms with Crippen LogP contribution in [0.5, 0.6) is 5.75 Å². The molecule has 0 aliphatic carbocycles. The maximum Gasteiger partial charge on any atom is 0.417 e. The van der Waals surface area contributed by atoms with Crippen molar-refractivity contribution in [2.45, 2.75) is 25.6 Å². The first kappa shape index (κ1) is 23.0. The molecule has 1 N–H and O–H groups in total. The molecule has 0 unspecified atom stereocenters. The van der Waals surface area contributed by atoms with Crippen LogP contribution in [0, 0.1) is 0 Å². The zero-order valence-electron chi connectivity index (χ0n) is 18.2. The van der Waals surface area contributed by atoms with Gasteiger partial charge in [0.25, 0.3) is 11.7 Å². The lowest BCUT2D eigenvalue weighted by Crippen LogP contribution is -2.29. The fourth-order valence-corrected chi connectivity index (χ4v) is 3.45. The Morgan fingerprint density at radius 3 is 2.35 bits per heavy atom. The van der Waals surface area contributed by atoms with E-state index < -0.39 is 29.1 Å². The van der Waals surface area contributed by atoms with Gasteiger partial charge in [0.15, 0.2) is 17.2 Å². The number of hydrogen-bond acceptors (Lipinski definition) is 7. The number of nitrogens with zero attached hydrogens (tertiary/aromatic N) is 5. The summed E-state index contributed by atoms with van der Waals surface area (Å²) in [6.07, 6.45) is -4.54. The number of aromatic carboxylic acids is 1. The van der Waals surface area contributed by atoms with Gasteiger partial charge in [0.1, 0.15) is 5.75 Å². The SMILES string of the molecule is Cn1c(-c2ccccc2C(F)(F)F)nnc1C(C)(C)Oc1ccc(-c2nc(C(=O)O)no2)cc1. The van der Waals surface area contributed by atoms with Crippen LogP contribution in [0.1, 0.15) is 35.9 Å². The van der Waals surface area contributed by atoms with Crippen LogP contribution in [0.3, 0.4) is 0 Å². The fourth-order valence-electron chi connectivity index (χ4n) is 3.45. The molecule has 0 saturated heterocycles. The molecular formula is C22H18F3N5O4. The predicted molar refractivity (Wildman–Crippen MR) is 112 cm³/mol. The third kappa shape index (κ3) is 4.34. The highest BCUT2D eigenvalue weighted by Gasteiger charge is 2.36. The zero-order chi connectivity index (χ0) is 24.7. The van der Waals surface area contributed by atoms with Crippen molar-refractivity contribution in [1.29, 1.82) is 0 Å². The minimum atomic E-state index is -4.54. The van der Waals surface area contributed by atoms with Crippen LogP contribution in [0.4, 0.5) is 13.2 Å². The number of hydrogen-bond donors (Lipinski definition) is 1. The van der Waals surface area contributed by atoms with Crippen LogP contribution in [0.2, 0.25) is 0 Å². The summed E-state index contributed by atoms with van der Waals surface area (Å²) in [5.41, 5.74) is -1.47. The minimum absolute atomic E-state index is 0.0319. The Labute approximate surface area is 190 Å². The molecule has 2 aromatic heterocycles. The third-order valence-electron chi connectivity index (χ3n) is 4.98. The second-order valence-corrected chi connectivity index (χ2v) is 7.81. The van der Waals surface area contributed by atoms with Crippen molar-refractivity contribution in [2.24, 2.45) is 7.05 Å². The molecule has 0 radical (unpaired) electrons.